The first kappa shape index (κ1) is 28.6. The minimum Gasteiger partial charge on any atom is -0.480 e. The molecule has 0 spiro atoms. The van der Waals surface area contributed by atoms with E-state index >= 15 is 0 Å². The summed E-state index contributed by atoms with van der Waals surface area (Å²) in [5, 5.41) is 10.0. The third-order valence-corrected chi connectivity index (χ3v) is 8.27. The number of alkyl halides is 2. The smallest absolute Gasteiger partial charge is 0.321 e. The Bertz CT molecular complexity index is 1070. The van der Waals surface area contributed by atoms with Gasteiger partial charge in [-0.3, -0.25) is 14.7 Å². The minimum absolute atomic E-state index is 0.0321. The molecule has 0 radical (unpaired) electrons. The van der Waals surface area contributed by atoms with Crippen LogP contribution in [0, 0.1) is 23.1 Å². The molecule has 0 aliphatic carbocycles. The molecule has 2 aliphatic rings. The third kappa shape index (κ3) is 6.94. The molecule has 1 aromatic heterocycles. The van der Waals surface area contributed by atoms with Crippen LogP contribution < -0.4 is 0 Å². The number of halogens is 3. The molecule has 5 nitrogen and oxygen atoms in total. The van der Waals surface area contributed by atoms with Gasteiger partial charge in [-0.2, -0.15) is 8.78 Å². The molecule has 0 unspecified atom stereocenters. The topological polar surface area (TPSA) is 56.7 Å². The van der Waals surface area contributed by atoms with Crippen molar-refractivity contribution in [3.8, 4) is 0 Å². The summed E-state index contributed by atoms with van der Waals surface area (Å²) in [4.78, 5) is 20.5. The van der Waals surface area contributed by atoms with Crippen LogP contribution in [0.2, 0.25) is 0 Å². The van der Waals surface area contributed by atoms with E-state index in [-0.39, 0.29) is 35.7 Å². The lowest BCUT2D eigenvalue weighted by Gasteiger charge is -2.36. The van der Waals surface area contributed by atoms with Gasteiger partial charge in [0.25, 0.3) is 5.92 Å². The largest absolute Gasteiger partial charge is 0.480 e. The van der Waals surface area contributed by atoms with Crippen molar-refractivity contribution >= 4 is 5.97 Å². The van der Waals surface area contributed by atoms with Crippen molar-refractivity contribution in [2.24, 2.45) is 17.3 Å². The van der Waals surface area contributed by atoms with Crippen LogP contribution in [0.4, 0.5) is 13.2 Å². The molecule has 4 rings (SSSR count). The predicted octanol–water partition coefficient (Wildman–Crippen LogP) is 6.02. The molecular weight excluding hydrogens is 491 g/mol. The molecule has 2 aliphatic heterocycles. The van der Waals surface area contributed by atoms with E-state index in [2.05, 4.69) is 14.8 Å². The molecule has 2 aromatic rings. The monoisotopic (exact) mass is 531 g/mol. The van der Waals surface area contributed by atoms with Crippen molar-refractivity contribution < 1.29 is 23.1 Å². The number of carboxylic acids is 1. The number of aliphatic carboxylic acids is 1. The van der Waals surface area contributed by atoms with Crippen LogP contribution in [0.1, 0.15) is 63.6 Å². The maximum absolute atomic E-state index is 14.6. The lowest BCUT2D eigenvalue weighted by molar-refractivity contribution is -0.147. The van der Waals surface area contributed by atoms with Gasteiger partial charge in [0, 0.05) is 38.2 Å². The second-order valence-corrected chi connectivity index (χ2v) is 12.2. The molecule has 3 heterocycles. The number of likely N-dealkylation sites (tertiary alicyclic amines) is 2. The van der Waals surface area contributed by atoms with Gasteiger partial charge >= 0.3 is 5.97 Å². The zero-order chi connectivity index (χ0) is 27.5. The highest BCUT2D eigenvalue weighted by molar-refractivity contribution is 5.74. The SMILES string of the molecule is CC(C)(C)[C@H](C(=O)O)N1C[C@H](CN2CCC(CCC(F)(F)c3ccccn3)CC2)[C@@H](c2cccc(F)c2)C1. The lowest BCUT2D eigenvalue weighted by atomic mass is 9.85. The van der Waals surface area contributed by atoms with Crippen LogP contribution >= 0.6 is 0 Å². The Morgan fingerprint density at radius 3 is 2.45 bits per heavy atom. The minimum atomic E-state index is -2.92. The van der Waals surface area contributed by atoms with Gasteiger partial charge in [0.05, 0.1) is 0 Å². The summed E-state index contributed by atoms with van der Waals surface area (Å²) in [6.45, 7) is 9.47. The van der Waals surface area contributed by atoms with Crippen molar-refractivity contribution in [1.29, 1.82) is 0 Å². The van der Waals surface area contributed by atoms with E-state index in [4.69, 9.17) is 0 Å². The number of piperidine rings is 1. The molecular formula is C30H40F3N3O2. The van der Waals surface area contributed by atoms with E-state index in [0.29, 0.717) is 19.5 Å². The second kappa shape index (κ2) is 11.7. The van der Waals surface area contributed by atoms with E-state index in [1.807, 2.05) is 26.8 Å². The standard InChI is InChI=1S/C30H40F3N3O2/c1-29(2,3)27(28(37)38)36-19-23(25(20-36)22-7-6-8-24(31)17-22)18-35-15-11-21(12-16-35)10-13-30(32,33)26-9-4-5-14-34-26/h4-9,14,17,21,23,25,27H,10-13,15-16,18-20H2,1-3H3,(H,37,38)/t23-,25+,27-/m0/s1. The first-order chi connectivity index (χ1) is 17.9. The van der Waals surface area contributed by atoms with Crippen molar-refractivity contribution in [2.45, 2.75) is 64.3 Å². The average Bonchev–Trinajstić information content (AvgIpc) is 3.25. The van der Waals surface area contributed by atoms with Crippen LogP contribution in [-0.2, 0) is 10.7 Å². The summed E-state index contributed by atoms with van der Waals surface area (Å²) >= 11 is 0. The van der Waals surface area contributed by atoms with Crippen molar-refractivity contribution in [2.75, 3.05) is 32.7 Å². The van der Waals surface area contributed by atoms with Crippen LogP contribution in [0.3, 0.4) is 0 Å². The molecule has 2 fully saturated rings. The fourth-order valence-corrected chi connectivity index (χ4v) is 6.37. The molecule has 2 saturated heterocycles. The zero-order valence-electron chi connectivity index (χ0n) is 22.6. The molecule has 3 atom stereocenters. The van der Waals surface area contributed by atoms with Crippen molar-refractivity contribution in [3.63, 3.8) is 0 Å². The number of hydrogen-bond donors (Lipinski definition) is 1. The molecule has 0 bridgehead atoms. The van der Waals surface area contributed by atoms with E-state index in [9.17, 15) is 23.1 Å². The molecule has 0 amide bonds. The summed E-state index contributed by atoms with van der Waals surface area (Å²) in [5.74, 6) is -3.60. The van der Waals surface area contributed by atoms with Gasteiger partial charge in [0.15, 0.2) is 0 Å². The van der Waals surface area contributed by atoms with Gasteiger partial charge < -0.3 is 10.0 Å². The molecule has 8 heteroatoms. The summed E-state index contributed by atoms with van der Waals surface area (Å²) in [6.07, 6.45) is 3.39. The van der Waals surface area contributed by atoms with Crippen LogP contribution in [0.5, 0.6) is 0 Å². The molecule has 38 heavy (non-hydrogen) atoms. The van der Waals surface area contributed by atoms with Crippen LogP contribution in [0.15, 0.2) is 48.7 Å². The average molecular weight is 532 g/mol. The van der Waals surface area contributed by atoms with E-state index in [1.165, 1.54) is 18.3 Å². The van der Waals surface area contributed by atoms with E-state index in [1.54, 1.807) is 24.3 Å². The van der Waals surface area contributed by atoms with Crippen molar-refractivity contribution in [1.82, 2.24) is 14.8 Å². The van der Waals surface area contributed by atoms with E-state index in [0.717, 1.165) is 38.0 Å². The summed E-state index contributed by atoms with van der Waals surface area (Å²) < 4.78 is 43.3. The Balaban J connectivity index is 1.38. The Kier molecular flexibility index (Phi) is 8.82. The normalized spacial score (nSPS) is 23.0. The summed E-state index contributed by atoms with van der Waals surface area (Å²) in [6, 6.07) is 10.6. The number of aromatic nitrogens is 1. The van der Waals surface area contributed by atoms with Gasteiger partial charge in [-0.25, -0.2) is 4.39 Å². The number of hydrogen-bond acceptors (Lipinski definition) is 4. The Labute approximate surface area is 224 Å². The number of carboxylic acid groups (broad SMARTS) is 1. The van der Waals surface area contributed by atoms with Crippen LogP contribution in [-0.4, -0.2) is 64.6 Å². The first-order valence-electron chi connectivity index (χ1n) is 13.7. The summed E-state index contributed by atoms with van der Waals surface area (Å²) in [7, 11) is 0. The Morgan fingerprint density at radius 2 is 1.84 bits per heavy atom. The van der Waals surface area contributed by atoms with Gasteiger partial charge in [-0.05, 0) is 79.4 Å². The second-order valence-electron chi connectivity index (χ2n) is 12.2. The molecule has 208 valence electrons. The molecule has 1 N–H and O–H groups in total. The van der Waals surface area contributed by atoms with Gasteiger partial charge in [0.2, 0.25) is 0 Å². The molecule has 0 saturated carbocycles. The number of carbonyl (C=O) groups is 1. The first-order valence-corrected chi connectivity index (χ1v) is 13.7. The predicted molar refractivity (Wildman–Crippen MR) is 142 cm³/mol. The maximum Gasteiger partial charge on any atom is 0.321 e. The number of rotatable bonds is 9. The molecule has 1 aromatic carbocycles. The fraction of sp³-hybridized carbons (Fsp3) is 0.600. The quantitative estimate of drug-likeness (QED) is 0.429. The van der Waals surface area contributed by atoms with E-state index < -0.39 is 23.3 Å². The lowest BCUT2D eigenvalue weighted by Crippen LogP contribution is -2.48. The van der Waals surface area contributed by atoms with Gasteiger partial charge in [0.1, 0.15) is 17.6 Å². The Morgan fingerprint density at radius 1 is 1.11 bits per heavy atom. The highest BCUT2D eigenvalue weighted by Crippen LogP contribution is 2.39. The number of nitrogens with zero attached hydrogens (tertiary/aromatic N) is 3. The number of pyridine rings is 1. The number of benzene rings is 1. The highest BCUT2D eigenvalue weighted by atomic mass is 19.3. The maximum atomic E-state index is 14.6. The zero-order valence-corrected chi connectivity index (χ0v) is 22.6. The summed E-state index contributed by atoms with van der Waals surface area (Å²) in [5.41, 5.74) is 0.298. The van der Waals surface area contributed by atoms with Crippen molar-refractivity contribution in [3.05, 3.63) is 65.7 Å². The third-order valence-electron chi connectivity index (χ3n) is 8.27. The van der Waals surface area contributed by atoms with Crippen LogP contribution in [0.25, 0.3) is 0 Å². The Hall–Kier alpha value is -2.45. The fourth-order valence-electron chi connectivity index (χ4n) is 6.37. The van der Waals surface area contributed by atoms with Gasteiger partial charge in [-0.1, -0.05) is 39.0 Å². The van der Waals surface area contributed by atoms with Gasteiger partial charge in [-0.15, -0.1) is 0 Å². The highest BCUT2D eigenvalue weighted by Gasteiger charge is 2.44.